The van der Waals surface area contributed by atoms with Crippen LogP contribution in [0.15, 0.2) is 11.6 Å². The fourth-order valence-electron chi connectivity index (χ4n) is 8.74. The Morgan fingerprint density at radius 3 is 2.22 bits per heavy atom. The van der Waals surface area contributed by atoms with Crippen LogP contribution in [0.1, 0.15) is 100 Å². The maximum absolute atomic E-state index is 13.3. The molecule has 1 aliphatic carbocycles. The summed E-state index contributed by atoms with van der Waals surface area (Å²) in [5, 5.41) is 13.3. The Morgan fingerprint density at radius 1 is 0.937 bits per heavy atom. The van der Waals surface area contributed by atoms with Gasteiger partial charge in [-0.2, -0.15) is 11.8 Å². The lowest BCUT2D eigenvalue weighted by Gasteiger charge is -2.42. The molecule has 356 valence electrons. The van der Waals surface area contributed by atoms with Gasteiger partial charge in [-0.15, -0.1) is 0 Å². The lowest BCUT2D eigenvalue weighted by molar-refractivity contribution is -0.145. The van der Waals surface area contributed by atoms with Gasteiger partial charge >= 0.3 is 12.1 Å². The van der Waals surface area contributed by atoms with Crippen molar-refractivity contribution in [3.8, 4) is 0 Å². The van der Waals surface area contributed by atoms with E-state index in [1.165, 1.54) is 29.2 Å². The monoisotopic (exact) mass is 908 g/mol. The Balaban J connectivity index is 1.24. The van der Waals surface area contributed by atoms with Crippen LogP contribution in [0.5, 0.6) is 0 Å². The number of carbonyl (C=O) groups is 7. The summed E-state index contributed by atoms with van der Waals surface area (Å²) in [5.74, 6) is -2.96. The van der Waals surface area contributed by atoms with Crippen molar-refractivity contribution in [3.05, 3.63) is 11.6 Å². The minimum atomic E-state index is -1.02. The van der Waals surface area contributed by atoms with Crippen LogP contribution < -0.4 is 26.6 Å². The molecule has 0 aromatic rings. The number of hydrogen-bond donors (Lipinski definition) is 5. The number of methoxy groups -OCH3 is 1. The third-order valence-electron chi connectivity index (χ3n) is 12.4. The van der Waals surface area contributed by atoms with Gasteiger partial charge in [-0.1, -0.05) is 39.3 Å². The summed E-state index contributed by atoms with van der Waals surface area (Å²) in [7, 11) is 1.61. The standard InChI is InChI=1S/C44H72N6O12S/c1-25(2)13-14-34-43(8,62-34)38-37(58-9)33(15-17-44(38)24-60-44)61-42(57)49-31(27(5)6)23-59-36(53)22-46-39(54)29(16-19-63-10)47-35(52)21-45-40(55)30(20-26(3)4)48-41(56)32-12-11-18-50(32)28(7)51/h13,26-27,29-34,37-38H,11-12,14-24H2,1-10H3,(H,45,55)(H,46,54)(H,47,52)(H,48,56)(H,49,57)/t29-,30-,31-,32-,33+,34+,37?,38+,43-,44-/m0/s1. The Kier molecular flexibility index (Phi) is 19.1. The number of allylic oxidation sites excluding steroid dienone is 1. The quantitative estimate of drug-likeness (QED) is 0.0564. The molecule has 18 nitrogen and oxygen atoms in total. The predicted molar refractivity (Wildman–Crippen MR) is 235 cm³/mol. The molecular formula is C44H72N6O12S. The molecule has 0 bridgehead atoms. The first-order valence-corrected chi connectivity index (χ1v) is 23.7. The van der Waals surface area contributed by atoms with Crippen LogP contribution in [-0.2, 0) is 52.5 Å². The van der Waals surface area contributed by atoms with Crippen molar-refractivity contribution in [2.45, 2.75) is 154 Å². The number of thioether (sulfide) groups is 1. The molecule has 1 unspecified atom stereocenters. The van der Waals surface area contributed by atoms with E-state index in [0.717, 1.165) is 6.42 Å². The molecule has 5 N–H and O–H groups in total. The predicted octanol–water partition coefficient (Wildman–Crippen LogP) is 2.37. The van der Waals surface area contributed by atoms with E-state index in [-0.39, 0.29) is 48.4 Å². The molecule has 6 amide bonds. The molecule has 3 heterocycles. The molecule has 3 saturated heterocycles. The number of alkyl carbamates (subject to hydrolysis) is 1. The molecule has 3 aliphatic heterocycles. The van der Waals surface area contributed by atoms with E-state index in [9.17, 15) is 33.6 Å². The molecule has 63 heavy (non-hydrogen) atoms. The van der Waals surface area contributed by atoms with Crippen LogP contribution in [0.4, 0.5) is 4.79 Å². The number of nitrogens with one attached hydrogen (secondary N) is 5. The number of ether oxygens (including phenoxy) is 5. The number of amides is 6. The van der Waals surface area contributed by atoms with Crippen molar-refractivity contribution in [3.63, 3.8) is 0 Å². The highest BCUT2D eigenvalue weighted by molar-refractivity contribution is 7.98. The highest BCUT2D eigenvalue weighted by atomic mass is 32.2. The van der Waals surface area contributed by atoms with E-state index < -0.39 is 90.8 Å². The fourth-order valence-corrected chi connectivity index (χ4v) is 9.21. The third-order valence-corrected chi connectivity index (χ3v) is 13.1. The van der Waals surface area contributed by atoms with Gasteiger partial charge in [-0.3, -0.25) is 28.8 Å². The van der Waals surface area contributed by atoms with E-state index in [1.54, 1.807) is 7.11 Å². The van der Waals surface area contributed by atoms with Gasteiger partial charge in [0, 0.05) is 20.6 Å². The highest BCUT2D eigenvalue weighted by Crippen LogP contribution is 2.59. The molecule has 1 spiro atoms. The minimum Gasteiger partial charge on any atom is -0.462 e. The number of rotatable bonds is 23. The average molecular weight is 909 g/mol. The molecule has 4 rings (SSSR count). The number of esters is 1. The Hall–Kier alpha value is -3.94. The lowest BCUT2D eigenvalue weighted by atomic mass is 9.68. The molecule has 0 aromatic heterocycles. The number of hydrogen-bond acceptors (Lipinski definition) is 13. The van der Waals surface area contributed by atoms with E-state index in [0.29, 0.717) is 51.0 Å². The smallest absolute Gasteiger partial charge is 0.407 e. The first-order valence-electron chi connectivity index (χ1n) is 22.3. The molecule has 1 saturated carbocycles. The number of nitrogens with zero attached hydrogens (tertiary/aromatic N) is 1. The SMILES string of the molecule is COC1[C@H](OC(=O)N[C@@H](COC(=O)CNC(=O)[C@H](CCSC)NC(=O)CNC(=O)[C@H](CC(C)C)NC(=O)[C@@H]2CCCN2C(C)=O)C(C)C)CC[C@]2(CO2)[C@H]1[C@@]1(C)O[C@@H]1CC=C(C)C. The van der Waals surface area contributed by atoms with Crippen LogP contribution in [-0.4, -0.2) is 152 Å². The van der Waals surface area contributed by atoms with Gasteiger partial charge in [0.2, 0.25) is 29.5 Å². The number of carbonyl (C=O) groups excluding carboxylic acids is 7. The van der Waals surface area contributed by atoms with Gasteiger partial charge < -0.3 is 55.2 Å². The normalized spacial score (nSPS) is 27.4. The molecule has 4 aliphatic rings. The zero-order valence-corrected chi connectivity index (χ0v) is 39.6. The van der Waals surface area contributed by atoms with Crippen LogP contribution >= 0.6 is 11.8 Å². The van der Waals surface area contributed by atoms with E-state index >= 15 is 0 Å². The summed E-state index contributed by atoms with van der Waals surface area (Å²) < 4.78 is 29.7. The van der Waals surface area contributed by atoms with Gasteiger partial charge in [0.1, 0.15) is 54.7 Å². The molecule has 0 aromatic carbocycles. The van der Waals surface area contributed by atoms with Crippen molar-refractivity contribution in [2.24, 2.45) is 17.8 Å². The molecule has 4 fully saturated rings. The minimum absolute atomic E-state index is 0.00789. The molecule has 19 heteroatoms. The molecule has 10 atom stereocenters. The van der Waals surface area contributed by atoms with E-state index in [2.05, 4.69) is 53.4 Å². The third kappa shape index (κ3) is 14.5. The lowest BCUT2D eigenvalue weighted by Crippen LogP contribution is -2.56. The van der Waals surface area contributed by atoms with Gasteiger partial charge in [-0.25, -0.2) is 4.79 Å². The zero-order chi connectivity index (χ0) is 46.6. The van der Waals surface area contributed by atoms with E-state index in [4.69, 9.17) is 23.7 Å². The maximum Gasteiger partial charge on any atom is 0.407 e. The van der Waals surface area contributed by atoms with Gasteiger partial charge in [-0.05, 0) is 89.6 Å². The van der Waals surface area contributed by atoms with Crippen molar-refractivity contribution >= 4 is 53.4 Å². The van der Waals surface area contributed by atoms with Gasteiger partial charge in [0.15, 0.2) is 0 Å². The van der Waals surface area contributed by atoms with Crippen LogP contribution in [0.3, 0.4) is 0 Å². The van der Waals surface area contributed by atoms with Gasteiger partial charge in [0.25, 0.3) is 0 Å². The van der Waals surface area contributed by atoms with Crippen molar-refractivity contribution in [1.82, 2.24) is 31.5 Å². The van der Waals surface area contributed by atoms with Crippen molar-refractivity contribution < 1.29 is 57.2 Å². The first-order chi connectivity index (χ1) is 29.7. The molecular weight excluding hydrogens is 837 g/mol. The summed E-state index contributed by atoms with van der Waals surface area (Å²) >= 11 is 1.46. The first kappa shape index (κ1) is 51.7. The summed E-state index contributed by atoms with van der Waals surface area (Å²) in [6, 6.07) is -3.22. The average Bonchev–Trinajstić information content (AvgIpc) is 4.07. The maximum atomic E-state index is 13.3. The highest BCUT2D eigenvalue weighted by Gasteiger charge is 2.72. The number of epoxide rings is 2. The van der Waals surface area contributed by atoms with Crippen molar-refractivity contribution in [2.75, 3.05) is 52.0 Å². The summed E-state index contributed by atoms with van der Waals surface area (Å²) in [6.45, 7) is 15.0. The largest absolute Gasteiger partial charge is 0.462 e. The second-order valence-corrected chi connectivity index (χ2v) is 19.4. The van der Waals surface area contributed by atoms with Gasteiger partial charge in [0.05, 0.1) is 31.2 Å². The Morgan fingerprint density at radius 2 is 1.62 bits per heavy atom. The fraction of sp³-hybridized carbons (Fsp3) is 0.795. The van der Waals surface area contributed by atoms with E-state index in [1.807, 2.05) is 34.0 Å². The Bertz CT molecular complexity index is 1670. The van der Waals surface area contributed by atoms with Crippen LogP contribution in [0.2, 0.25) is 0 Å². The summed E-state index contributed by atoms with van der Waals surface area (Å²) in [6.07, 6.45) is 6.07. The zero-order valence-electron chi connectivity index (χ0n) is 38.8. The second-order valence-electron chi connectivity index (χ2n) is 18.4. The second kappa shape index (κ2) is 23.3. The summed E-state index contributed by atoms with van der Waals surface area (Å²) in [5.41, 5.74) is 0.354. The molecule has 0 radical (unpaired) electrons. The topological polar surface area (TPSA) is 236 Å². The Labute approximate surface area is 376 Å². The van der Waals surface area contributed by atoms with Crippen molar-refractivity contribution in [1.29, 1.82) is 0 Å². The number of likely N-dealkylation sites (tertiary alicyclic amines) is 1. The van der Waals surface area contributed by atoms with Crippen LogP contribution in [0, 0.1) is 17.8 Å². The summed E-state index contributed by atoms with van der Waals surface area (Å²) in [4.78, 5) is 92.1. The van der Waals surface area contributed by atoms with Crippen LogP contribution in [0.25, 0.3) is 0 Å².